The zero-order valence-electron chi connectivity index (χ0n) is 23.2. The van der Waals surface area contributed by atoms with Crippen LogP contribution < -0.4 is 9.73 Å². The minimum absolute atomic E-state index is 0.165. The van der Waals surface area contributed by atoms with Gasteiger partial charge in [0.2, 0.25) is 10.0 Å². The van der Waals surface area contributed by atoms with Gasteiger partial charge in [-0.2, -0.15) is 5.10 Å². The zero-order chi connectivity index (χ0) is 28.3. The smallest absolute Gasteiger partial charge is 0.271 e. The minimum atomic E-state index is -3.50. The normalized spacial score (nSPS) is 11.6. The Balaban J connectivity index is 1.45. The maximum atomic E-state index is 12.7. The van der Waals surface area contributed by atoms with E-state index in [0.29, 0.717) is 11.3 Å². The summed E-state index contributed by atoms with van der Waals surface area (Å²) in [5, 5.41) is 4.18. The summed E-state index contributed by atoms with van der Waals surface area (Å²) >= 11 is 0. The summed E-state index contributed by atoms with van der Waals surface area (Å²) in [5.74, 6) is -0.348. The van der Waals surface area contributed by atoms with Crippen LogP contribution >= 0.6 is 0 Å². The molecule has 0 atom stereocenters. The van der Waals surface area contributed by atoms with Crippen LogP contribution in [-0.4, -0.2) is 31.4 Å². The highest BCUT2D eigenvalue weighted by molar-refractivity contribution is 7.92. The van der Waals surface area contributed by atoms with Gasteiger partial charge in [0.1, 0.15) is 0 Å². The Bertz CT molecular complexity index is 1650. The van der Waals surface area contributed by atoms with E-state index in [1.54, 1.807) is 30.5 Å². The van der Waals surface area contributed by atoms with Crippen LogP contribution in [0.4, 0.5) is 5.69 Å². The molecule has 7 nitrogen and oxygen atoms in total. The first-order valence-corrected chi connectivity index (χ1v) is 14.5. The Labute approximate surface area is 230 Å². The number of carbonyl (C=O) groups excluding carboxylic acids is 1. The topological polar surface area (TPSA) is 83.8 Å². The molecule has 0 unspecified atom stereocenters. The van der Waals surface area contributed by atoms with Crippen LogP contribution in [0.5, 0.6) is 0 Å². The van der Waals surface area contributed by atoms with Gasteiger partial charge in [-0.05, 0) is 99.3 Å². The third kappa shape index (κ3) is 6.46. The molecular formula is C31H34N4O3S. The predicted octanol–water partition coefficient (Wildman–Crippen LogP) is 5.75. The molecule has 0 aliphatic rings. The fourth-order valence-electron chi connectivity index (χ4n) is 4.52. The molecule has 39 heavy (non-hydrogen) atoms. The number of rotatable bonds is 8. The number of hydrogen-bond donors (Lipinski definition) is 1. The lowest BCUT2D eigenvalue weighted by Gasteiger charge is -2.23. The van der Waals surface area contributed by atoms with E-state index in [2.05, 4.69) is 40.2 Å². The van der Waals surface area contributed by atoms with Crippen LogP contribution in [0, 0.1) is 34.6 Å². The van der Waals surface area contributed by atoms with Crippen molar-refractivity contribution in [3.05, 3.63) is 118 Å². The second-order valence-corrected chi connectivity index (χ2v) is 11.8. The van der Waals surface area contributed by atoms with Crippen LogP contribution in [0.15, 0.2) is 77.9 Å². The fraction of sp³-hybridized carbons (Fsp3) is 0.226. The fourth-order valence-corrected chi connectivity index (χ4v) is 5.40. The first kappa shape index (κ1) is 27.9. The van der Waals surface area contributed by atoms with Crippen molar-refractivity contribution in [3.63, 3.8) is 0 Å². The number of sulfonamides is 1. The van der Waals surface area contributed by atoms with Gasteiger partial charge in [0.15, 0.2) is 0 Å². The van der Waals surface area contributed by atoms with Crippen molar-refractivity contribution in [1.82, 2.24) is 9.99 Å². The Hall–Kier alpha value is -4.17. The van der Waals surface area contributed by atoms with Gasteiger partial charge in [0.25, 0.3) is 5.91 Å². The molecule has 4 aromatic rings. The van der Waals surface area contributed by atoms with E-state index >= 15 is 0 Å². The molecule has 0 aliphatic carbocycles. The number of nitrogens with zero attached hydrogens (tertiary/aromatic N) is 3. The Morgan fingerprint density at radius 3 is 2.28 bits per heavy atom. The SMILES string of the molecule is Cc1cccc(-n2c(C)cc(/C=N\NC(=O)c3ccc(CN(c4ccc(C)c(C)c4)S(C)(=O)=O)cc3)c2C)c1. The lowest BCUT2D eigenvalue weighted by Crippen LogP contribution is -2.29. The van der Waals surface area contributed by atoms with E-state index in [4.69, 9.17) is 0 Å². The molecule has 1 aromatic heterocycles. The van der Waals surface area contributed by atoms with Crippen LogP contribution in [-0.2, 0) is 16.6 Å². The first-order chi connectivity index (χ1) is 18.4. The molecule has 0 saturated heterocycles. The summed E-state index contributed by atoms with van der Waals surface area (Å²) in [7, 11) is -3.50. The van der Waals surface area contributed by atoms with E-state index < -0.39 is 10.0 Å². The first-order valence-electron chi connectivity index (χ1n) is 12.7. The van der Waals surface area contributed by atoms with Gasteiger partial charge in [0.05, 0.1) is 24.7 Å². The number of hydrazone groups is 1. The summed E-state index contributed by atoms with van der Waals surface area (Å²) in [6.45, 7) is 10.2. The van der Waals surface area contributed by atoms with E-state index in [9.17, 15) is 13.2 Å². The van der Waals surface area contributed by atoms with Gasteiger partial charge in [-0.3, -0.25) is 9.10 Å². The van der Waals surface area contributed by atoms with Gasteiger partial charge in [0, 0.05) is 28.2 Å². The van der Waals surface area contributed by atoms with E-state index in [0.717, 1.165) is 39.3 Å². The number of benzene rings is 3. The van der Waals surface area contributed by atoms with Crippen molar-refractivity contribution >= 4 is 27.8 Å². The summed E-state index contributed by atoms with van der Waals surface area (Å²) in [5.41, 5.74) is 11.8. The van der Waals surface area contributed by atoms with Crippen molar-refractivity contribution < 1.29 is 13.2 Å². The van der Waals surface area contributed by atoms with Crippen molar-refractivity contribution in [2.45, 2.75) is 41.2 Å². The highest BCUT2D eigenvalue weighted by atomic mass is 32.2. The van der Waals surface area contributed by atoms with Gasteiger partial charge in [-0.1, -0.05) is 30.3 Å². The van der Waals surface area contributed by atoms with Gasteiger partial charge >= 0.3 is 0 Å². The molecule has 0 aliphatic heterocycles. The van der Waals surface area contributed by atoms with Crippen LogP contribution in [0.1, 0.15) is 49.6 Å². The van der Waals surface area contributed by atoms with E-state index in [-0.39, 0.29) is 12.5 Å². The standard InChI is InChI=1S/C31H34N4O3S/c1-21-8-7-9-30(16-21)35-24(4)18-28(25(35)5)19-32-33-31(36)27-13-11-26(12-14-27)20-34(39(6,37)38)29-15-10-22(2)23(3)17-29/h7-19H,20H2,1-6H3,(H,33,36)/b32-19-. The minimum Gasteiger partial charge on any atom is -0.318 e. The molecule has 1 N–H and O–H groups in total. The highest BCUT2D eigenvalue weighted by Gasteiger charge is 2.19. The second-order valence-electron chi connectivity index (χ2n) is 9.94. The van der Waals surface area contributed by atoms with E-state index in [1.807, 2.05) is 58.0 Å². The lowest BCUT2D eigenvalue weighted by molar-refractivity contribution is 0.0955. The van der Waals surface area contributed by atoms with Gasteiger partial charge < -0.3 is 4.57 Å². The zero-order valence-corrected chi connectivity index (χ0v) is 24.0. The van der Waals surface area contributed by atoms with Crippen molar-refractivity contribution in [1.29, 1.82) is 0 Å². The Morgan fingerprint density at radius 2 is 1.64 bits per heavy atom. The molecule has 3 aromatic carbocycles. The molecular weight excluding hydrogens is 508 g/mol. The van der Waals surface area contributed by atoms with Crippen molar-refractivity contribution in [2.75, 3.05) is 10.6 Å². The van der Waals surface area contributed by atoms with Crippen molar-refractivity contribution in [3.8, 4) is 5.69 Å². The third-order valence-electron chi connectivity index (χ3n) is 6.82. The summed E-state index contributed by atoms with van der Waals surface area (Å²) in [4.78, 5) is 12.7. The average Bonchev–Trinajstić information content (AvgIpc) is 3.16. The molecule has 0 fully saturated rings. The molecule has 1 amide bonds. The molecule has 202 valence electrons. The number of carbonyl (C=O) groups is 1. The Kier molecular flexibility index (Phi) is 8.06. The van der Waals surface area contributed by atoms with Gasteiger partial charge in [-0.15, -0.1) is 0 Å². The molecule has 0 spiro atoms. The number of anilines is 1. The summed E-state index contributed by atoms with van der Waals surface area (Å²) in [6, 6.07) is 22.8. The number of nitrogens with one attached hydrogen (secondary N) is 1. The quantitative estimate of drug-likeness (QED) is 0.227. The Morgan fingerprint density at radius 1 is 0.923 bits per heavy atom. The molecule has 1 heterocycles. The molecule has 8 heteroatoms. The number of amides is 1. The highest BCUT2D eigenvalue weighted by Crippen LogP contribution is 2.24. The summed E-state index contributed by atoms with van der Waals surface area (Å²) in [6.07, 6.45) is 2.84. The summed E-state index contributed by atoms with van der Waals surface area (Å²) < 4.78 is 28.6. The molecule has 0 radical (unpaired) electrons. The van der Waals surface area contributed by atoms with E-state index in [1.165, 1.54) is 16.1 Å². The number of hydrogen-bond acceptors (Lipinski definition) is 4. The maximum absolute atomic E-state index is 12.7. The van der Waals surface area contributed by atoms with Crippen LogP contribution in [0.3, 0.4) is 0 Å². The predicted molar refractivity (Wildman–Crippen MR) is 158 cm³/mol. The maximum Gasteiger partial charge on any atom is 0.271 e. The van der Waals surface area contributed by atoms with Crippen molar-refractivity contribution in [2.24, 2.45) is 5.10 Å². The van der Waals surface area contributed by atoms with Crippen LogP contribution in [0.25, 0.3) is 5.69 Å². The average molecular weight is 543 g/mol. The third-order valence-corrected chi connectivity index (χ3v) is 7.96. The number of aryl methyl sites for hydroxylation is 4. The van der Waals surface area contributed by atoms with Gasteiger partial charge in [-0.25, -0.2) is 13.8 Å². The molecule has 4 rings (SSSR count). The second kappa shape index (κ2) is 11.3. The monoisotopic (exact) mass is 542 g/mol. The largest absolute Gasteiger partial charge is 0.318 e. The van der Waals surface area contributed by atoms with Crippen LogP contribution in [0.2, 0.25) is 0 Å². The number of aromatic nitrogens is 1. The lowest BCUT2D eigenvalue weighted by atomic mass is 10.1. The molecule has 0 saturated carbocycles. The molecule has 0 bridgehead atoms.